The molecule has 2 saturated heterocycles. The average molecular weight is 466 g/mol. The molecule has 2 aliphatic heterocycles. The van der Waals surface area contributed by atoms with Gasteiger partial charge in [0.15, 0.2) is 5.65 Å². The van der Waals surface area contributed by atoms with Gasteiger partial charge in [0.1, 0.15) is 30.5 Å². The molecule has 0 radical (unpaired) electrons. The van der Waals surface area contributed by atoms with E-state index in [0.717, 1.165) is 54.7 Å². The van der Waals surface area contributed by atoms with Gasteiger partial charge in [-0.3, -0.25) is 9.58 Å². The predicted molar refractivity (Wildman–Crippen MR) is 119 cm³/mol. The first-order valence-electron chi connectivity index (χ1n) is 11.0. The molecule has 1 N–H and O–H groups in total. The molecule has 0 unspecified atom stereocenters. The highest BCUT2D eigenvalue weighted by Gasteiger charge is 2.48. The van der Waals surface area contributed by atoms with Gasteiger partial charge in [-0.1, -0.05) is 12.1 Å². The first kappa shape index (κ1) is 20.9. The van der Waals surface area contributed by atoms with Crippen LogP contribution in [0.5, 0.6) is 0 Å². The molecule has 5 heterocycles. The quantitative estimate of drug-likeness (QED) is 0.496. The van der Waals surface area contributed by atoms with Crippen molar-refractivity contribution in [3.8, 4) is 6.07 Å². The van der Waals surface area contributed by atoms with Crippen LogP contribution in [0.3, 0.4) is 0 Å². The van der Waals surface area contributed by atoms with E-state index in [1.165, 1.54) is 18.1 Å². The van der Waals surface area contributed by atoms with Crippen LogP contribution in [0.2, 0.25) is 0 Å². The molecule has 0 aliphatic carbocycles. The fraction of sp³-hybridized carbons (Fsp3) is 0.391. The van der Waals surface area contributed by atoms with E-state index >= 15 is 0 Å². The fourth-order valence-corrected chi connectivity index (χ4v) is 5.37. The van der Waals surface area contributed by atoms with E-state index in [2.05, 4.69) is 48.1 Å². The zero-order chi connectivity index (χ0) is 23.5. The van der Waals surface area contributed by atoms with Gasteiger partial charge in [-0.25, -0.2) is 9.97 Å². The number of benzene rings is 1. The Balaban J connectivity index is 1.13. The highest BCUT2D eigenvalue weighted by atomic mass is 19.4. The van der Waals surface area contributed by atoms with Gasteiger partial charge in [-0.05, 0) is 24.1 Å². The van der Waals surface area contributed by atoms with Crippen LogP contribution >= 0.6 is 0 Å². The van der Waals surface area contributed by atoms with Crippen LogP contribution in [0, 0.1) is 16.7 Å². The van der Waals surface area contributed by atoms with Gasteiger partial charge in [0.2, 0.25) is 0 Å². The molecular weight excluding hydrogens is 445 g/mol. The molecule has 0 saturated carbocycles. The SMILES string of the molecule is N#Cc1cc2ccc(CN3CC4(CCN(c5ncnc6nn(CC(F)(F)F)cc56)C4)C3)cc2[nH]1. The number of likely N-dealkylation sites (tertiary alicyclic amines) is 1. The molecule has 34 heavy (non-hydrogen) atoms. The molecule has 6 rings (SSSR count). The number of fused-ring (bicyclic) bond motifs is 2. The van der Waals surface area contributed by atoms with Gasteiger partial charge in [-0.2, -0.15) is 23.5 Å². The number of aromatic amines is 1. The number of hydrogen-bond acceptors (Lipinski definition) is 6. The Labute approximate surface area is 192 Å². The lowest BCUT2D eigenvalue weighted by molar-refractivity contribution is -0.142. The first-order chi connectivity index (χ1) is 16.3. The maximum absolute atomic E-state index is 12.8. The molecule has 3 aromatic heterocycles. The molecule has 174 valence electrons. The number of alkyl halides is 3. The Morgan fingerprint density at radius 1 is 1.15 bits per heavy atom. The Kier molecular flexibility index (Phi) is 4.57. The summed E-state index contributed by atoms with van der Waals surface area (Å²) in [5.41, 5.74) is 3.16. The number of H-pyrrole nitrogens is 1. The number of rotatable bonds is 4. The second-order valence-electron chi connectivity index (χ2n) is 9.41. The Morgan fingerprint density at radius 3 is 2.79 bits per heavy atom. The third-order valence-corrected chi connectivity index (χ3v) is 6.75. The summed E-state index contributed by atoms with van der Waals surface area (Å²) < 4.78 is 39.3. The van der Waals surface area contributed by atoms with E-state index < -0.39 is 12.7 Å². The van der Waals surface area contributed by atoms with Gasteiger partial charge in [0, 0.05) is 55.2 Å². The second-order valence-corrected chi connectivity index (χ2v) is 9.41. The summed E-state index contributed by atoms with van der Waals surface area (Å²) in [6.45, 7) is 3.21. The summed E-state index contributed by atoms with van der Waals surface area (Å²) in [4.78, 5) is 16.1. The van der Waals surface area contributed by atoms with Crippen LogP contribution in [0.25, 0.3) is 21.9 Å². The molecule has 0 bridgehead atoms. The van der Waals surface area contributed by atoms with Gasteiger partial charge < -0.3 is 9.88 Å². The summed E-state index contributed by atoms with van der Waals surface area (Å²) in [6.07, 6.45) is -0.571. The number of nitriles is 1. The number of aromatic nitrogens is 5. The van der Waals surface area contributed by atoms with E-state index in [0.29, 0.717) is 16.9 Å². The van der Waals surface area contributed by atoms with Gasteiger partial charge in [-0.15, -0.1) is 0 Å². The van der Waals surface area contributed by atoms with Crippen molar-refractivity contribution in [1.82, 2.24) is 29.6 Å². The van der Waals surface area contributed by atoms with Crippen LogP contribution < -0.4 is 4.90 Å². The van der Waals surface area contributed by atoms with Gasteiger partial charge in [0.05, 0.1) is 5.39 Å². The Morgan fingerprint density at radius 2 is 2.00 bits per heavy atom. The molecule has 4 aromatic rings. The van der Waals surface area contributed by atoms with Crippen molar-refractivity contribution < 1.29 is 13.2 Å². The highest BCUT2D eigenvalue weighted by molar-refractivity contribution is 5.86. The molecule has 8 nitrogen and oxygen atoms in total. The van der Waals surface area contributed by atoms with Gasteiger partial charge >= 0.3 is 6.18 Å². The number of nitrogens with one attached hydrogen (secondary N) is 1. The second kappa shape index (κ2) is 7.43. The summed E-state index contributed by atoms with van der Waals surface area (Å²) in [6, 6.07) is 10.2. The summed E-state index contributed by atoms with van der Waals surface area (Å²) in [5, 5.41) is 14.6. The number of halogens is 3. The fourth-order valence-electron chi connectivity index (χ4n) is 5.37. The summed E-state index contributed by atoms with van der Waals surface area (Å²) >= 11 is 0. The molecule has 2 aliphatic rings. The van der Waals surface area contributed by atoms with Crippen LogP contribution in [-0.4, -0.2) is 62.0 Å². The van der Waals surface area contributed by atoms with Crippen LogP contribution in [0.1, 0.15) is 17.7 Å². The predicted octanol–water partition coefficient (Wildman–Crippen LogP) is 3.45. The van der Waals surface area contributed by atoms with Crippen molar-refractivity contribution in [2.75, 3.05) is 31.1 Å². The summed E-state index contributed by atoms with van der Waals surface area (Å²) in [5.74, 6) is 0.652. The van der Waals surface area contributed by atoms with Crippen molar-refractivity contribution in [2.45, 2.75) is 25.7 Å². The third kappa shape index (κ3) is 3.74. The lowest BCUT2D eigenvalue weighted by atomic mass is 9.79. The van der Waals surface area contributed by atoms with Crippen molar-refractivity contribution in [3.05, 3.63) is 48.0 Å². The minimum atomic E-state index is -4.34. The van der Waals surface area contributed by atoms with Crippen LogP contribution in [0.4, 0.5) is 19.0 Å². The standard InChI is InChI=1S/C23H21F3N8/c24-23(25,26)13-34-9-18-20(31-34)28-14-29-21(18)33-4-3-22(12-33)10-32(11-22)8-15-1-2-16-6-17(7-27)30-19(16)5-15/h1-2,5-6,9,14,30H,3-4,8,10-13H2. The molecule has 1 spiro atoms. The lowest BCUT2D eigenvalue weighted by Gasteiger charge is -2.48. The minimum Gasteiger partial charge on any atom is -0.355 e. The van der Waals surface area contributed by atoms with E-state index in [1.54, 1.807) is 0 Å². The Bertz CT molecular complexity index is 1420. The number of hydrogen-bond donors (Lipinski definition) is 1. The zero-order valence-electron chi connectivity index (χ0n) is 18.2. The molecule has 0 amide bonds. The number of nitrogens with zero attached hydrogens (tertiary/aromatic N) is 7. The van der Waals surface area contributed by atoms with E-state index in [9.17, 15) is 13.2 Å². The van der Waals surface area contributed by atoms with Gasteiger partial charge in [0.25, 0.3) is 0 Å². The maximum atomic E-state index is 12.8. The van der Waals surface area contributed by atoms with E-state index in [1.807, 2.05) is 12.1 Å². The van der Waals surface area contributed by atoms with Crippen LogP contribution in [-0.2, 0) is 13.1 Å². The molecule has 0 atom stereocenters. The van der Waals surface area contributed by atoms with E-state index in [-0.39, 0.29) is 11.1 Å². The van der Waals surface area contributed by atoms with Crippen molar-refractivity contribution >= 4 is 27.8 Å². The first-order valence-corrected chi connectivity index (χ1v) is 11.0. The monoisotopic (exact) mass is 466 g/mol. The average Bonchev–Trinajstić information content (AvgIpc) is 3.47. The maximum Gasteiger partial charge on any atom is 0.408 e. The zero-order valence-corrected chi connectivity index (χ0v) is 18.2. The lowest BCUT2D eigenvalue weighted by Crippen LogP contribution is -2.56. The molecular formula is C23H21F3N8. The third-order valence-electron chi connectivity index (χ3n) is 6.75. The summed E-state index contributed by atoms with van der Waals surface area (Å²) in [7, 11) is 0. The van der Waals surface area contributed by atoms with Crippen molar-refractivity contribution in [2.24, 2.45) is 5.41 Å². The largest absolute Gasteiger partial charge is 0.408 e. The molecule has 11 heteroatoms. The van der Waals surface area contributed by atoms with Crippen LogP contribution in [0.15, 0.2) is 36.8 Å². The van der Waals surface area contributed by atoms with Crippen molar-refractivity contribution in [1.29, 1.82) is 5.26 Å². The Hall–Kier alpha value is -3.65. The van der Waals surface area contributed by atoms with Crippen molar-refractivity contribution in [3.63, 3.8) is 0 Å². The highest BCUT2D eigenvalue weighted by Crippen LogP contribution is 2.42. The molecule has 2 fully saturated rings. The number of anilines is 1. The minimum absolute atomic E-state index is 0.156. The molecule has 1 aromatic carbocycles. The normalized spacial score (nSPS) is 18.1. The topological polar surface area (TPSA) is 89.7 Å². The van der Waals surface area contributed by atoms with E-state index in [4.69, 9.17) is 5.26 Å². The smallest absolute Gasteiger partial charge is 0.355 e.